The van der Waals surface area contributed by atoms with Gasteiger partial charge in [-0.1, -0.05) is 109 Å². The molecule has 14 unspecified atom stereocenters. The number of likely N-dealkylation sites (tertiary alicyclic amines) is 3. The number of anilines is 3. The van der Waals surface area contributed by atoms with Crippen molar-refractivity contribution in [2.45, 2.75) is 174 Å². The topological polar surface area (TPSA) is 286 Å². The molecule has 9 aromatic rings. The van der Waals surface area contributed by atoms with Crippen molar-refractivity contribution in [2.75, 3.05) is 86.7 Å². The number of hydrogen-bond donors (Lipinski definition) is 3. The Morgan fingerprint density at radius 3 is 1.47 bits per heavy atom. The predicted molar refractivity (Wildman–Crippen MR) is 440 cm³/mol. The van der Waals surface area contributed by atoms with Gasteiger partial charge in [0.05, 0.1) is 48.1 Å². The summed E-state index contributed by atoms with van der Waals surface area (Å²) in [6.07, 6.45) is 13.9. The second-order valence-electron chi connectivity index (χ2n) is 33.0. The molecule has 0 spiro atoms. The Kier molecular flexibility index (Phi) is 24.3. The number of hydrogen-bond acceptors (Lipinski definition) is 19. The van der Waals surface area contributed by atoms with Gasteiger partial charge in [0.2, 0.25) is 0 Å². The van der Waals surface area contributed by atoms with E-state index in [0.717, 1.165) is 149 Å². The zero-order chi connectivity index (χ0) is 79.4. The molecule has 598 valence electrons. The van der Waals surface area contributed by atoms with Gasteiger partial charge in [-0.3, -0.25) is 29.1 Å². The molecule has 14 atom stereocenters. The normalized spacial score (nSPS) is 25.2. The van der Waals surface area contributed by atoms with E-state index in [4.69, 9.17) is 115 Å². The highest BCUT2D eigenvalue weighted by atomic mass is 35.5. The monoisotopic (exact) mass is 1650 g/mol. The minimum atomic E-state index is -0.833. The number of fused-ring (bicyclic) bond motifs is 3. The number of aromatic nitrogens is 12. The summed E-state index contributed by atoms with van der Waals surface area (Å²) in [5.41, 5.74) is 7.72. The molecule has 25 nitrogen and oxygen atoms in total. The number of carboxylic acids is 3. The van der Waals surface area contributed by atoms with Crippen LogP contribution < -0.4 is 14.7 Å². The Balaban J connectivity index is 0.663. The molecular formula is C82H97Cl6N19O6. The number of rotatable bonds is 24. The summed E-state index contributed by atoms with van der Waals surface area (Å²) in [5.74, 6) is 0.716. The summed E-state index contributed by atoms with van der Waals surface area (Å²) < 4.78 is 5.74. The predicted octanol–water partition coefficient (Wildman–Crippen LogP) is 15.7. The molecule has 15 rings (SSSR count). The van der Waals surface area contributed by atoms with E-state index in [9.17, 15) is 35.0 Å². The Bertz CT molecular complexity index is 5080. The second-order valence-corrected chi connectivity index (χ2v) is 35.6. The van der Waals surface area contributed by atoms with Crippen molar-refractivity contribution in [3.63, 3.8) is 0 Å². The number of carboxylic acid groups (broad SMARTS) is 3. The molecule has 3 N–H and O–H groups in total. The van der Waals surface area contributed by atoms with Gasteiger partial charge in [-0.2, -0.15) is 20.6 Å². The molecule has 6 aromatic heterocycles. The Morgan fingerprint density at radius 1 is 0.504 bits per heavy atom. The lowest BCUT2D eigenvalue weighted by atomic mass is 9.79. The van der Waals surface area contributed by atoms with Crippen LogP contribution in [0.25, 0.3) is 33.5 Å². The third kappa shape index (κ3) is 17.3. The van der Waals surface area contributed by atoms with Crippen LogP contribution in [0, 0.1) is 66.6 Å². The van der Waals surface area contributed by atoms with E-state index in [1.807, 2.05) is 83.6 Å². The first-order chi connectivity index (χ1) is 54.3. The minimum Gasteiger partial charge on any atom is -0.481 e. The maximum absolute atomic E-state index is 12.4. The van der Waals surface area contributed by atoms with Crippen LogP contribution >= 0.6 is 69.6 Å². The van der Waals surface area contributed by atoms with Crippen molar-refractivity contribution >= 4 is 138 Å². The van der Waals surface area contributed by atoms with Crippen molar-refractivity contribution in [1.29, 1.82) is 5.26 Å². The number of nitriles is 1. The molecule has 0 saturated carbocycles. The number of benzene rings is 3. The van der Waals surface area contributed by atoms with Crippen LogP contribution in [0.1, 0.15) is 169 Å². The summed E-state index contributed by atoms with van der Waals surface area (Å²) in [6.45, 7) is 21.0. The maximum atomic E-state index is 12.4. The molecular weight excluding hydrogens is 1560 g/mol. The first kappa shape index (κ1) is 80.4. The lowest BCUT2D eigenvalue weighted by molar-refractivity contribution is -0.139. The molecule has 12 heterocycles. The van der Waals surface area contributed by atoms with E-state index in [-0.39, 0.29) is 90.5 Å². The van der Waals surface area contributed by atoms with Crippen LogP contribution in [0.2, 0.25) is 30.1 Å². The van der Waals surface area contributed by atoms with Gasteiger partial charge in [0.1, 0.15) is 40.1 Å². The summed E-state index contributed by atoms with van der Waals surface area (Å²) >= 11 is 40.9. The Morgan fingerprint density at radius 2 is 0.956 bits per heavy atom. The zero-order valence-electron chi connectivity index (χ0n) is 64.5. The van der Waals surface area contributed by atoms with Gasteiger partial charge in [0.25, 0.3) is 0 Å². The molecule has 0 bridgehead atoms. The van der Waals surface area contributed by atoms with Gasteiger partial charge in [0.15, 0.2) is 22.6 Å². The van der Waals surface area contributed by atoms with Crippen LogP contribution in [0.15, 0.2) is 73.2 Å². The molecule has 6 fully saturated rings. The first-order valence-electron chi connectivity index (χ1n) is 39.9. The smallest absolute Gasteiger partial charge is 0.303 e. The van der Waals surface area contributed by atoms with Crippen LogP contribution in [0.5, 0.6) is 0 Å². The van der Waals surface area contributed by atoms with Crippen LogP contribution in [-0.2, 0) is 14.4 Å². The highest BCUT2D eigenvalue weighted by Crippen LogP contribution is 2.45. The molecule has 6 aliphatic rings. The third-order valence-electron chi connectivity index (χ3n) is 25.3. The average molecular weight is 1660 g/mol. The fourth-order valence-electron chi connectivity index (χ4n) is 20.0. The van der Waals surface area contributed by atoms with Crippen molar-refractivity contribution in [3.8, 4) is 6.07 Å². The Labute approximate surface area is 687 Å². The molecule has 6 saturated heterocycles. The summed E-state index contributed by atoms with van der Waals surface area (Å²) in [7, 11) is 0. The van der Waals surface area contributed by atoms with Crippen LogP contribution in [-0.4, -0.2) is 203 Å². The van der Waals surface area contributed by atoms with E-state index in [1.54, 1.807) is 24.4 Å². The first-order valence-corrected chi connectivity index (χ1v) is 42.1. The summed E-state index contributed by atoms with van der Waals surface area (Å²) in [6, 6.07) is 18.4. The van der Waals surface area contributed by atoms with Gasteiger partial charge in [-0.15, -0.1) is 0 Å². The van der Waals surface area contributed by atoms with Crippen molar-refractivity contribution in [2.24, 2.45) is 41.4 Å². The van der Waals surface area contributed by atoms with Crippen molar-refractivity contribution in [1.82, 2.24) is 73.9 Å². The van der Waals surface area contributed by atoms with E-state index < -0.39 is 30.0 Å². The van der Waals surface area contributed by atoms with Crippen LogP contribution in [0.3, 0.4) is 0 Å². The zero-order valence-corrected chi connectivity index (χ0v) is 69.1. The number of nitrogens with zero attached hydrogens (tertiary/aromatic N) is 19. The third-order valence-corrected chi connectivity index (χ3v) is 27.0. The van der Waals surface area contributed by atoms with Gasteiger partial charge < -0.3 is 30.0 Å². The summed E-state index contributed by atoms with van der Waals surface area (Å²) in [5, 5.41) is 58.9. The quantitative estimate of drug-likeness (QED) is 0.0506. The van der Waals surface area contributed by atoms with Gasteiger partial charge >= 0.3 is 17.9 Å². The maximum Gasteiger partial charge on any atom is 0.303 e. The fraction of sp³-hybridized carbons (Fsp3) is 0.549. The molecule has 0 aliphatic carbocycles. The molecule has 0 radical (unpaired) electrons. The van der Waals surface area contributed by atoms with Crippen molar-refractivity contribution in [3.05, 3.63) is 137 Å². The lowest BCUT2D eigenvalue weighted by Gasteiger charge is -2.48. The SMILES string of the molecule is Cc1nn(C(C)c2ccc(Cl)cc2Cl)c2nc(N3CCC(N4CC(CC(c5ccc(Cl)cc5Cl)n5nc(C)c6ncc(N7CCC(N8CC(CCC(=O)O)CC(CC(c9ccc(Cl)cc9Cl)n9nc(C#N)c%10ncc(N%11CCC(N%12CCCC(CC(=O)O)C%12)C(C)C%11)nc%109)C8)C(C)C7)nc65)CC4CCC(=O)O)C(C)C3)cnc12. The van der Waals surface area contributed by atoms with Crippen LogP contribution in [0.4, 0.5) is 17.5 Å². The summed E-state index contributed by atoms with van der Waals surface area (Å²) in [4.78, 5) is 82.1. The molecule has 113 heavy (non-hydrogen) atoms. The van der Waals surface area contributed by atoms with Crippen molar-refractivity contribution < 1.29 is 29.7 Å². The lowest BCUT2D eigenvalue weighted by Crippen LogP contribution is -2.54. The van der Waals surface area contributed by atoms with E-state index in [1.165, 1.54) is 0 Å². The minimum absolute atomic E-state index is 0.0150. The number of aliphatic carboxylic acids is 3. The molecule has 0 amide bonds. The fourth-order valence-corrected chi connectivity index (χ4v) is 21.7. The number of aryl methyl sites for hydroxylation is 2. The number of halogens is 6. The van der Waals surface area contributed by atoms with Gasteiger partial charge in [0, 0.05) is 139 Å². The van der Waals surface area contributed by atoms with E-state index in [0.29, 0.717) is 109 Å². The van der Waals surface area contributed by atoms with Gasteiger partial charge in [-0.25, -0.2) is 43.9 Å². The van der Waals surface area contributed by atoms with Gasteiger partial charge in [-0.05, 0) is 192 Å². The largest absolute Gasteiger partial charge is 0.481 e. The molecule has 31 heteroatoms. The standard InChI is InChI=1S/C82H97Cl6N19O6/c1-45-38-100(23-19-66(45)99-22-7-8-51(41-99)30-76(112)113)73-37-92-79-65(34-89)98-107(82(79)95-73)70(61-16-12-57(85)33-64(61)88)28-53-26-52(9-17-74(108)109)42-103(43-53)67-20-24-101(39-46(67)2)72-36-91-78-49(5)97-106(81(78)94-72)69(60-15-11-56(84)32-63(60)87)29-54-27-58(13-18-75(110)111)104(44-54)68-21-25-102(40-47(68)3)71-35-90-77-48(4)96-105(80(77)93-71)50(6)59-14-10-55(83)31-62(59)86/h10-12,14-16,31-33,35-37,45-47,50-54,58,66-70H,7-9,13,17-30,38-44H2,1-6H3,(H,108,109)(H,110,111)(H,112,113). The highest BCUT2D eigenvalue weighted by Gasteiger charge is 2.44. The highest BCUT2D eigenvalue weighted by molar-refractivity contribution is 6.36. The number of piperidine rings is 5. The molecule has 6 aliphatic heterocycles. The molecule has 3 aromatic carbocycles. The Hall–Kier alpha value is -7.77. The van der Waals surface area contributed by atoms with E-state index in [2.05, 4.69) is 56.2 Å². The number of carbonyl (C=O) groups is 3. The average Bonchev–Trinajstić information content (AvgIpc) is 1.64. The van der Waals surface area contributed by atoms with E-state index >= 15 is 0 Å². The second kappa shape index (κ2) is 34.2.